The fraction of sp³-hybridized carbons (Fsp3) is 0.500. The first kappa shape index (κ1) is 34.8. The maximum atomic E-state index is 17.2. The average molecular weight is 727 g/mol. The van der Waals surface area contributed by atoms with E-state index in [1.807, 2.05) is 56.9 Å². The van der Waals surface area contributed by atoms with E-state index < -0.39 is 11.4 Å². The summed E-state index contributed by atoms with van der Waals surface area (Å²) in [5.41, 5.74) is 1.54. The molecule has 0 N–H and O–H groups in total. The lowest BCUT2D eigenvalue weighted by molar-refractivity contribution is -0.0161. The number of aryl methyl sites for hydroxylation is 1. The van der Waals surface area contributed by atoms with Gasteiger partial charge in [-0.1, -0.05) is 35.9 Å². The summed E-state index contributed by atoms with van der Waals surface area (Å²) in [7, 11) is 0. The molecule has 4 unspecified atom stereocenters. The number of nitriles is 1. The van der Waals surface area contributed by atoms with Gasteiger partial charge in [0.2, 0.25) is 0 Å². The largest absolute Gasteiger partial charge is 0.463 e. The predicted molar refractivity (Wildman–Crippen MR) is 198 cm³/mol. The van der Waals surface area contributed by atoms with Gasteiger partial charge in [0.25, 0.3) is 0 Å². The first-order chi connectivity index (χ1) is 25.0. The molecule has 12 heteroatoms. The number of ether oxygens (including phenoxy) is 3. The van der Waals surface area contributed by atoms with Gasteiger partial charge in [-0.05, 0) is 88.4 Å². The van der Waals surface area contributed by atoms with Crippen LogP contribution in [-0.4, -0.2) is 95.1 Å². The number of nitrogens with zero attached hydrogens (tertiary/aromatic N) is 6. The van der Waals surface area contributed by atoms with Crippen LogP contribution in [0, 0.1) is 24.1 Å². The van der Waals surface area contributed by atoms with Crippen LogP contribution in [0.25, 0.3) is 32.8 Å². The van der Waals surface area contributed by atoms with E-state index in [-0.39, 0.29) is 40.3 Å². The monoisotopic (exact) mass is 726 g/mol. The Bertz CT molecular complexity index is 2070. The van der Waals surface area contributed by atoms with E-state index in [4.69, 9.17) is 30.8 Å². The Morgan fingerprint density at radius 1 is 1.06 bits per heavy atom. The van der Waals surface area contributed by atoms with Crippen LogP contribution in [0.5, 0.6) is 6.01 Å². The van der Waals surface area contributed by atoms with E-state index in [1.165, 1.54) is 0 Å². The molecule has 52 heavy (non-hydrogen) atoms. The fourth-order valence-electron chi connectivity index (χ4n) is 8.76. The van der Waals surface area contributed by atoms with Gasteiger partial charge in [0, 0.05) is 48.1 Å². The van der Waals surface area contributed by atoms with Crippen LogP contribution in [0.4, 0.5) is 15.0 Å². The molecule has 4 fully saturated rings. The number of morpholine rings is 1. The lowest BCUT2D eigenvalue weighted by Crippen LogP contribution is -2.57. The molecule has 4 bridgehead atoms. The van der Waals surface area contributed by atoms with Gasteiger partial charge in [-0.25, -0.2) is 9.18 Å². The van der Waals surface area contributed by atoms with Crippen LogP contribution in [-0.2, 0) is 9.47 Å². The molecule has 4 saturated heterocycles. The number of carbonyl (C=O) groups excluding carboxylic acids is 1. The number of benzene rings is 3. The van der Waals surface area contributed by atoms with Crippen LogP contribution in [0.15, 0.2) is 36.4 Å². The summed E-state index contributed by atoms with van der Waals surface area (Å²) >= 11 is 7.03. The number of hydrogen-bond donors (Lipinski definition) is 0. The minimum atomic E-state index is -0.604. The lowest BCUT2D eigenvalue weighted by Gasteiger charge is -2.42. The SMILES string of the molecule is Cc1cc(-c2c(Cl)cc3c(N4CC5CCC(C4)N5C(=O)OC(C)(C)C)nc(OCCCN4C5CCC4COC5)nc3c2F)c2c(C#N)cccc2c1. The highest BCUT2D eigenvalue weighted by atomic mass is 35.5. The van der Waals surface area contributed by atoms with Crippen LogP contribution in [0.3, 0.4) is 0 Å². The van der Waals surface area contributed by atoms with Crippen molar-refractivity contribution in [3.05, 3.63) is 58.4 Å². The third-order valence-corrected chi connectivity index (χ3v) is 11.2. The molecule has 4 aliphatic heterocycles. The number of piperazine rings is 1. The van der Waals surface area contributed by atoms with Gasteiger partial charge in [0.05, 0.1) is 48.6 Å². The summed E-state index contributed by atoms with van der Waals surface area (Å²) in [5, 5.41) is 12.1. The molecule has 4 atom stereocenters. The van der Waals surface area contributed by atoms with E-state index in [9.17, 15) is 10.1 Å². The second-order valence-corrected chi connectivity index (χ2v) is 16.0. The highest BCUT2D eigenvalue weighted by Crippen LogP contribution is 2.43. The maximum Gasteiger partial charge on any atom is 0.410 e. The topological polar surface area (TPSA) is 104 Å². The predicted octanol–water partition coefficient (Wildman–Crippen LogP) is 7.64. The lowest BCUT2D eigenvalue weighted by atomic mass is 9.92. The Morgan fingerprint density at radius 2 is 1.77 bits per heavy atom. The molecule has 4 aliphatic rings. The van der Waals surface area contributed by atoms with Crippen molar-refractivity contribution in [1.29, 1.82) is 5.26 Å². The van der Waals surface area contributed by atoms with Crippen molar-refractivity contribution in [1.82, 2.24) is 19.8 Å². The number of hydrogen-bond acceptors (Lipinski definition) is 9. The molecule has 0 radical (unpaired) electrons. The quantitative estimate of drug-likeness (QED) is 0.178. The Morgan fingerprint density at radius 3 is 2.46 bits per heavy atom. The summed E-state index contributed by atoms with van der Waals surface area (Å²) in [4.78, 5) is 29.3. The summed E-state index contributed by atoms with van der Waals surface area (Å²) in [6.45, 7) is 11.3. The van der Waals surface area contributed by atoms with E-state index in [0.717, 1.165) is 62.8 Å². The zero-order valence-electron chi connectivity index (χ0n) is 30.1. The molecule has 8 rings (SSSR count). The van der Waals surface area contributed by atoms with E-state index in [0.29, 0.717) is 59.5 Å². The van der Waals surface area contributed by atoms with Crippen LogP contribution < -0.4 is 9.64 Å². The molecule has 5 heterocycles. The number of aromatic nitrogens is 2. The zero-order chi connectivity index (χ0) is 36.3. The summed E-state index contributed by atoms with van der Waals surface area (Å²) in [5.74, 6) is -0.0815. The van der Waals surface area contributed by atoms with Crippen molar-refractivity contribution >= 4 is 45.2 Å². The molecule has 0 aliphatic carbocycles. The molecule has 1 aromatic heterocycles. The van der Waals surface area contributed by atoms with E-state index in [2.05, 4.69) is 20.9 Å². The number of rotatable bonds is 7. The Balaban J connectivity index is 1.17. The third-order valence-electron chi connectivity index (χ3n) is 10.9. The van der Waals surface area contributed by atoms with Gasteiger partial charge >= 0.3 is 12.1 Å². The third kappa shape index (κ3) is 6.39. The molecule has 10 nitrogen and oxygen atoms in total. The Kier molecular flexibility index (Phi) is 9.13. The average Bonchev–Trinajstić information content (AvgIpc) is 3.49. The zero-order valence-corrected chi connectivity index (χ0v) is 30.9. The number of amides is 1. The molecule has 0 saturated carbocycles. The molecular weight excluding hydrogens is 683 g/mol. The van der Waals surface area contributed by atoms with Crippen LogP contribution in [0.1, 0.15) is 64.0 Å². The Labute approximate surface area is 308 Å². The normalized spacial score (nSPS) is 23.0. The number of carbonyl (C=O) groups is 1. The van der Waals surface area contributed by atoms with E-state index in [1.54, 1.807) is 12.1 Å². The molecular formula is C40H44ClFN6O4. The standard InChI is InChI=1S/C40H44ClFN6O4/c1-23-15-24-7-5-8-25(18-43)33(24)30(16-23)34-32(41)17-31-36(35(34)42)44-38(51-14-6-13-47-28-11-12-29(47)22-50-21-28)45-37(31)46-19-26-9-10-27(20-46)48(26)39(49)52-40(2,3)4/h5,7-8,15-17,26-29H,6,9-14,19-22H2,1-4H3. The van der Waals surface area contributed by atoms with Crippen LogP contribution >= 0.6 is 11.6 Å². The molecule has 1 amide bonds. The van der Waals surface area contributed by atoms with Crippen LogP contribution in [0.2, 0.25) is 5.02 Å². The van der Waals surface area contributed by atoms with Gasteiger partial charge in [-0.3, -0.25) is 9.80 Å². The maximum absolute atomic E-state index is 17.2. The van der Waals surface area contributed by atoms with Crippen molar-refractivity contribution in [2.75, 3.05) is 44.4 Å². The first-order valence-corrected chi connectivity index (χ1v) is 18.7. The van der Waals surface area contributed by atoms with Crippen molar-refractivity contribution < 1.29 is 23.4 Å². The second-order valence-electron chi connectivity index (χ2n) is 15.6. The summed E-state index contributed by atoms with van der Waals surface area (Å²) < 4.78 is 35.0. The number of halogens is 2. The molecule has 3 aromatic carbocycles. The first-order valence-electron chi connectivity index (χ1n) is 18.3. The minimum absolute atomic E-state index is 0.0884. The smallest absolute Gasteiger partial charge is 0.410 e. The van der Waals surface area contributed by atoms with Gasteiger partial charge in [0.1, 0.15) is 16.9 Å². The van der Waals surface area contributed by atoms with Crippen molar-refractivity contribution in [3.8, 4) is 23.2 Å². The van der Waals surface area contributed by atoms with Gasteiger partial charge in [-0.15, -0.1) is 0 Å². The van der Waals surface area contributed by atoms with Crippen molar-refractivity contribution in [3.63, 3.8) is 0 Å². The number of anilines is 1. The summed E-state index contributed by atoms with van der Waals surface area (Å²) in [6, 6.07) is 14.1. The van der Waals surface area contributed by atoms with Crippen molar-refractivity contribution in [2.24, 2.45) is 0 Å². The summed E-state index contributed by atoms with van der Waals surface area (Å²) in [6.07, 6.45) is 4.42. The molecule has 0 spiro atoms. The van der Waals surface area contributed by atoms with Crippen molar-refractivity contribution in [2.45, 2.75) is 89.6 Å². The van der Waals surface area contributed by atoms with Gasteiger partial charge in [-0.2, -0.15) is 15.2 Å². The fourth-order valence-corrected chi connectivity index (χ4v) is 9.05. The van der Waals surface area contributed by atoms with Gasteiger partial charge < -0.3 is 19.1 Å². The number of fused-ring (bicyclic) bond motifs is 6. The van der Waals surface area contributed by atoms with Gasteiger partial charge in [0.15, 0.2) is 5.82 Å². The van der Waals surface area contributed by atoms with E-state index >= 15 is 4.39 Å². The highest BCUT2D eigenvalue weighted by molar-refractivity contribution is 6.35. The second kappa shape index (κ2) is 13.6. The minimum Gasteiger partial charge on any atom is -0.463 e. The highest BCUT2D eigenvalue weighted by Gasteiger charge is 2.45. The molecule has 272 valence electrons. The molecule has 4 aromatic rings. The Hall–Kier alpha value is -4.24.